The lowest BCUT2D eigenvalue weighted by atomic mass is 10.1. The van der Waals surface area contributed by atoms with Gasteiger partial charge in [-0.15, -0.1) is 10.2 Å². The minimum absolute atomic E-state index is 0.270. The average molecular weight is 293 g/mol. The van der Waals surface area contributed by atoms with Crippen molar-refractivity contribution in [1.29, 1.82) is 0 Å². The highest BCUT2D eigenvalue weighted by atomic mass is 16.4. The standard InChI is InChI=1S/C17H15N3O2/c1-11-3-5-13(6-4-11)16-19-18-10-20(16)15-8-7-14(17(21)22)9-12(15)2/h3-10H,1-2H3,(H,21,22). The first-order valence-electron chi connectivity index (χ1n) is 6.87. The van der Waals surface area contributed by atoms with Crippen LogP contribution in [-0.4, -0.2) is 25.8 Å². The van der Waals surface area contributed by atoms with Gasteiger partial charge in [0, 0.05) is 5.56 Å². The summed E-state index contributed by atoms with van der Waals surface area (Å²) in [5.41, 5.74) is 4.13. The Morgan fingerprint density at radius 2 is 1.82 bits per heavy atom. The van der Waals surface area contributed by atoms with Crippen molar-refractivity contribution in [3.63, 3.8) is 0 Å². The molecule has 0 atom stereocenters. The van der Waals surface area contributed by atoms with Crippen molar-refractivity contribution in [2.45, 2.75) is 13.8 Å². The van der Waals surface area contributed by atoms with Gasteiger partial charge in [-0.2, -0.15) is 0 Å². The van der Waals surface area contributed by atoms with Crippen LogP contribution in [0.5, 0.6) is 0 Å². The monoisotopic (exact) mass is 293 g/mol. The zero-order valence-electron chi connectivity index (χ0n) is 12.3. The molecule has 2 aromatic carbocycles. The summed E-state index contributed by atoms with van der Waals surface area (Å²) < 4.78 is 1.87. The molecule has 0 saturated heterocycles. The third-order valence-corrected chi connectivity index (χ3v) is 3.56. The van der Waals surface area contributed by atoms with Gasteiger partial charge in [-0.25, -0.2) is 4.79 Å². The Labute approximate surface area is 127 Å². The fraction of sp³-hybridized carbons (Fsp3) is 0.118. The van der Waals surface area contributed by atoms with Crippen LogP contribution in [0.3, 0.4) is 0 Å². The molecule has 5 heteroatoms. The lowest BCUT2D eigenvalue weighted by Crippen LogP contribution is -2.02. The molecule has 0 aliphatic rings. The topological polar surface area (TPSA) is 68.0 Å². The van der Waals surface area contributed by atoms with E-state index < -0.39 is 5.97 Å². The second-order valence-electron chi connectivity index (χ2n) is 5.20. The van der Waals surface area contributed by atoms with E-state index in [-0.39, 0.29) is 5.56 Å². The van der Waals surface area contributed by atoms with Crippen LogP contribution >= 0.6 is 0 Å². The van der Waals surface area contributed by atoms with E-state index in [2.05, 4.69) is 10.2 Å². The number of aryl methyl sites for hydroxylation is 2. The third-order valence-electron chi connectivity index (χ3n) is 3.56. The van der Waals surface area contributed by atoms with Gasteiger partial charge in [0.05, 0.1) is 11.3 Å². The van der Waals surface area contributed by atoms with Crippen LogP contribution in [0, 0.1) is 13.8 Å². The number of hydrogen-bond donors (Lipinski definition) is 1. The minimum Gasteiger partial charge on any atom is -0.478 e. The fourth-order valence-electron chi connectivity index (χ4n) is 2.37. The lowest BCUT2D eigenvalue weighted by Gasteiger charge is -2.10. The van der Waals surface area contributed by atoms with Crippen LogP contribution in [0.15, 0.2) is 48.8 Å². The molecule has 0 saturated carbocycles. The Balaban J connectivity index is 2.09. The van der Waals surface area contributed by atoms with Gasteiger partial charge in [0.25, 0.3) is 0 Å². The molecule has 1 aromatic heterocycles. The predicted octanol–water partition coefficient (Wildman–Crippen LogP) is 3.25. The third kappa shape index (κ3) is 2.48. The Bertz CT molecular complexity index is 835. The van der Waals surface area contributed by atoms with Crippen LogP contribution in [0.2, 0.25) is 0 Å². The average Bonchev–Trinajstić information content (AvgIpc) is 2.97. The van der Waals surface area contributed by atoms with Gasteiger partial charge in [-0.3, -0.25) is 4.57 Å². The van der Waals surface area contributed by atoms with Crippen molar-refractivity contribution in [3.8, 4) is 17.1 Å². The first kappa shape index (κ1) is 14.0. The van der Waals surface area contributed by atoms with E-state index in [9.17, 15) is 4.79 Å². The number of aromatic nitrogens is 3. The van der Waals surface area contributed by atoms with Gasteiger partial charge < -0.3 is 5.11 Å². The van der Waals surface area contributed by atoms with Crippen LogP contribution in [-0.2, 0) is 0 Å². The van der Waals surface area contributed by atoms with Crippen LogP contribution in [0.25, 0.3) is 17.1 Å². The highest BCUT2D eigenvalue weighted by molar-refractivity contribution is 5.88. The number of nitrogens with zero attached hydrogens (tertiary/aromatic N) is 3. The molecular weight excluding hydrogens is 278 g/mol. The molecule has 0 amide bonds. The summed E-state index contributed by atoms with van der Waals surface area (Å²) in [5, 5.41) is 17.2. The van der Waals surface area contributed by atoms with E-state index >= 15 is 0 Å². The SMILES string of the molecule is Cc1ccc(-c2nncn2-c2ccc(C(=O)O)cc2C)cc1. The number of benzene rings is 2. The summed E-state index contributed by atoms with van der Waals surface area (Å²) in [6, 6.07) is 13.1. The molecule has 0 bridgehead atoms. The Morgan fingerprint density at radius 1 is 1.09 bits per heavy atom. The first-order chi connectivity index (χ1) is 10.6. The maximum atomic E-state index is 11.0. The molecule has 5 nitrogen and oxygen atoms in total. The van der Waals surface area contributed by atoms with E-state index in [1.807, 2.05) is 42.7 Å². The number of carboxylic acid groups (broad SMARTS) is 1. The smallest absolute Gasteiger partial charge is 0.335 e. The minimum atomic E-state index is -0.933. The summed E-state index contributed by atoms with van der Waals surface area (Å²) in [6.45, 7) is 3.91. The van der Waals surface area contributed by atoms with E-state index in [0.29, 0.717) is 0 Å². The molecule has 0 fully saturated rings. The maximum absolute atomic E-state index is 11.0. The summed E-state index contributed by atoms with van der Waals surface area (Å²) >= 11 is 0. The van der Waals surface area contributed by atoms with E-state index in [4.69, 9.17) is 5.11 Å². The Kier molecular flexibility index (Phi) is 3.47. The summed E-state index contributed by atoms with van der Waals surface area (Å²) in [7, 11) is 0. The first-order valence-corrected chi connectivity index (χ1v) is 6.87. The molecule has 0 spiro atoms. The number of carboxylic acids is 1. The van der Waals surface area contributed by atoms with Crippen LogP contribution < -0.4 is 0 Å². The van der Waals surface area contributed by atoms with Gasteiger partial charge in [-0.05, 0) is 37.6 Å². The molecule has 1 N–H and O–H groups in total. The van der Waals surface area contributed by atoms with E-state index in [0.717, 1.165) is 22.6 Å². The second-order valence-corrected chi connectivity index (χ2v) is 5.20. The quantitative estimate of drug-likeness (QED) is 0.805. The summed E-state index contributed by atoms with van der Waals surface area (Å²) in [6.07, 6.45) is 1.64. The largest absolute Gasteiger partial charge is 0.478 e. The molecule has 1 heterocycles. The van der Waals surface area contributed by atoms with Crippen molar-refractivity contribution >= 4 is 5.97 Å². The molecule has 0 unspecified atom stereocenters. The molecular formula is C17H15N3O2. The number of hydrogen-bond acceptors (Lipinski definition) is 3. The van der Waals surface area contributed by atoms with Gasteiger partial charge in [0.2, 0.25) is 0 Å². The molecule has 0 aliphatic heterocycles. The van der Waals surface area contributed by atoms with Crippen molar-refractivity contribution in [3.05, 3.63) is 65.5 Å². The Hall–Kier alpha value is -2.95. The molecule has 3 rings (SSSR count). The van der Waals surface area contributed by atoms with Gasteiger partial charge in [0.15, 0.2) is 5.82 Å². The van der Waals surface area contributed by atoms with Crippen molar-refractivity contribution in [1.82, 2.24) is 14.8 Å². The van der Waals surface area contributed by atoms with Gasteiger partial charge >= 0.3 is 5.97 Å². The molecule has 22 heavy (non-hydrogen) atoms. The van der Waals surface area contributed by atoms with E-state index in [1.54, 1.807) is 24.5 Å². The van der Waals surface area contributed by atoms with Crippen molar-refractivity contribution < 1.29 is 9.90 Å². The second kappa shape index (κ2) is 5.44. The zero-order chi connectivity index (χ0) is 15.7. The predicted molar refractivity (Wildman–Crippen MR) is 83.2 cm³/mol. The zero-order valence-corrected chi connectivity index (χ0v) is 12.3. The number of aromatic carboxylic acids is 1. The summed E-state index contributed by atoms with van der Waals surface area (Å²) in [5.74, 6) is -0.205. The number of rotatable bonds is 3. The van der Waals surface area contributed by atoms with Crippen molar-refractivity contribution in [2.75, 3.05) is 0 Å². The molecule has 0 radical (unpaired) electrons. The number of carbonyl (C=O) groups is 1. The highest BCUT2D eigenvalue weighted by Crippen LogP contribution is 2.23. The Morgan fingerprint density at radius 3 is 2.45 bits per heavy atom. The summed E-state index contributed by atoms with van der Waals surface area (Å²) in [4.78, 5) is 11.0. The normalized spacial score (nSPS) is 10.6. The van der Waals surface area contributed by atoms with Gasteiger partial charge in [-0.1, -0.05) is 29.8 Å². The van der Waals surface area contributed by atoms with E-state index in [1.165, 1.54) is 5.56 Å². The molecule has 3 aromatic rings. The van der Waals surface area contributed by atoms with Crippen molar-refractivity contribution in [2.24, 2.45) is 0 Å². The lowest BCUT2D eigenvalue weighted by molar-refractivity contribution is 0.0697. The molecule has 110 valence electrons. The maximum Gasteiger partial charge on any atom is 0.335 e. The fourth-order valence-corrected chi connectivity index (χ4v) is 2.37. The van der Waals surface area contributed by atoms with Gasteiger partial charge in [0.1, 0.15) is 6.33 Å². The highest BCUT2D eigenvalue weighted by Gasteiger charge is 2.12. The molecule has 0 aliphatic carbocycles. The van der Waals surface area contributed by atoms with Crippen LogP contribution in [0.1, 0.15) is 21.5 Å². The van der Waals surface area contributed by atoms with Crippen LogP contribution in [0.4, 0.5) is 0 Å².